The van der Waals surface area contributed by atoms with Gasteiger partial charge in [-0.15, -0.1) is 0 Å². The molecule has 2 saturated heterocycles. The van der Waals surface area contributed by atoms with Crippen LogP contribution in [0.25, 0.3) is 0 Å². The van der Waals surface area contributed by atoms with E-state index < -0.39 is 22.9 Å². The number of aryl methyl sites for hydroxylation is 1. The Bertz CT molecular complexity index is 725. The Balaban J connectivity index is 1.83. The van der Waals surface area contributed by atoms with Crippen LogP contribution in [-0.2, 0) is 16.5 Å². The van der Waals surface area contributed by atoms with Gasteiger partial charge in [0.25, 0.3) is 0 Å². The number of nitrogens with zero attached hydrogens (tertiary/aromatic N) is 1. The van der Waals surface area contributed by atoms with Gasteiger partial charge < -0.3 is 14.7 Å². The number of halogens is 3. The van der Waals surface area contributed by atoms with E-state index in [2.05, 4.69) is 0 Å². The van der Waals surface area contributed by atoms with E-state index in [0.29, 0.717) is 18.4 Å². The molecule has 1 N–H and O–H groups in total. The average Bonchev–Trinajstić information content (AvgIpc) is 2.77. The van der Waals surface area contributed by atoms with Crippen LogP contribution in [-0.4, -0.2) is 33.8 Å². The predicted octanol–water partition coefficient (Wildman–Crippen LogP) is 4.76. The molecule has 2 heterocycles. The van der Waals surface area contributed by atoms with Crippen molar-refractivity contribution in [3.63, 3.8) is 0 Å². The lowest BCUT2D eigenvalue weighted by Gasteiger charge is -2.44. The Morgan fingerprint density at radius 2 is 1.74 bits per heavy atom. The zero-order valence-corrected chi connectivity index (χ0v) is 16.1. The first-order valence-corrected chi connectivity index (χ1v) is 9.22. The topological polar surface area (TPSA) is 49.8 Å². The van der Waals surface area contributed by atoms with Gasteiger partial charge in [0.2, 0.25) is 0 Å². The van der Waals surface area contributed by atoms with Gasteiger partial charge in [-0.1, -0.05) is 12.1 Å². The molecule has 7 heteroatoms. The number of carbonyl (C=O) groups excluding carboxylic acids is 1. The highest BCUT2D eigenvalue weighted by molar-refractivity contribution is 5.70. The summed E-state index contributed by atoms with van der Waals surface area (Å²) < 4.78 is 44.5. The fraction of sp³-hybridized carbons (Fsp3) is 0.650. The Morgan fingerprint density at radius 3 is 2.19 bits per heavy atom. The number of benzene rings is 1. The van der Waals surface area contributed by atoms with Crippen molar-refractivity contribution >= 4 is 6.09 Å². The molecule has 150 valence electrons. The molecular weight excluding hydrogens is 359 g/mol. The Hall–Kier alpha value is -1.76. The van der Waals surface area contributed by atoms with E-state index in [0.717, 1.165) is 18.9 Å². The maximum absolute atomic E-state index is 13.0. The lowest BCUT2D eigenvalue weighted by atomic mass is 9.79. The molecule has 0 aromatic heterocycles. The lowest BCUT2D eigenvalue weighted by Crippen LogP contribution is -2.53. The predicted molar refractivity (Wildman–Crippen MR) is 94.2 cm³/mol. The highest BCUT2D eigenvalue weighted by atomic mass is 19.4. The number of aliphatic hydroxyl groups is 1. The van der Waals surface area contributed by atoms with Crippen LogP contribution in [0, 0.1) is 6.92 Å². The van der Waals surface area contributed by atoms with Crippen LogP contribution in [0.15, 0.2) is 18.2 Å². The molecule has 0 radical (unpaired) electrons. The van der Waals surface area contributed by atoms with E-state index in [9.17, 15) is 23.1 Å². The molecule has 0 aliphatic carbocycles. The van der Waals surface area contributed by atoms with Crippen LogP contribution in [0.2, 0.25) is 0 Å². The zero-order valence-electron chi connectivity index (χ0n) is 16.1. The minimum Gasteiger partial charge on any atom is -0.444 e. The van der Waals surface area contributed by atoms with Crippen LogP contribution in [0.4, 0.5) is 18.0 Å². The van der Waals surface area contributed by atoms with Crippen LogP contribution in [0.1, 0.15) is 63.1 Å². The number of carbonyl (C=O) groups is 1. The lowest BCUT2D eigenvalue weighted by molar-refractivity contribution is -0.138. The average molecular weight is 385 g/mol. The first-order chi connectivity index (χ1) is 12.3. The molecule has 4 nitrogen and oxygen atoms in total. The molecule has 0 spiro atoms. The number of amides is 1. The van der Waals surface area contributed by atoms with Gasteiger partial charge in [-0.2, -0.15) is 13.2 Å². The number of hydrogen-bond acceptors (Lipinski definition) is 3. The molecule has 1 amide bonds. The molecule has 1 aromatic rings. The number of alkyl halides is 3. The van der Waals surface area contributed by atoms with Gasteiger partial charge in [0.05, 0.1) is 11.2 Å². The van der Waals surface area contributed by atoms with E-state index in [-0.39, 0.29) is 23.7 Å². The summed E-state index contributed by atoms with van der Waals surface area (Å²) in [4.78, 5) is 14.2. The molecule has 2 unspecified atom stereocenters. The Labute approximate surface area is 157 Å². The van der Waals surface area contributed by atoms with Gasteiger partial charge in [0.1, 0.15) is 5.60 Å². The molecule has 0 saturated carbocycles. The van der Waals surface area contributed by atoms with Crippen molar-refractivity contribution < 1.29 is 27.8 Å². The summed E-state index contributed by atoms with van der Waals surface area (Å²) in [6.45, 7) is 6.81. The summed E-state index contributed by atoms with van der Waals surface area (Å²) in [6, 6.07) is 3.46. The van der Waals surface area contributed by atoms with Crippen molar-refractivity contribution in [3.05, 3.63) is 34.9 Å². The van der Waals surface area contributed by atoms with Crippen molar-refractivity contribution in [1.82, 2.24) is 4.90 Å². The smallest absolute Gasteiger partial charge is 0.416 e. The number of fused-ring (bicyclic) bond motifs is 2. The second-order valence-corrected chi connectivity index (χ2v) is 8.74. The summed E-state index contributed by atoms with van der Waals surface area (Å²) in [5.41, 5.74) is -1.96. The monoisotopic (exact) mass is 385 g/mol. The minimum atomic E-state index is -4.41. The largest absolute Gasteiger partial charge is 0.444 e. The van der Waals surface area contributed by atoms with Gasteiger partial charge in [0, 0.05) is 24.9 Å². The molecule has 2 aliphatic rings. The van der Waals surface area contributed by atoms with E-state index in [1.165, 1.54) is 19.1 Å². The zero-order chi connectivity index (χ0) is 20.2. The second-order valence-electron chi connectivity index (χ2n) is 8.74. The van der Waals surface area contributed by atoms with Crippen LogP contribution < -0.4 is 0 Å². The van der Waals surface area contributed by atoms with Gasteiger partial charge in [0.15, 0.2) is 0 Å². The molecule has 3 rings (SSSR count). The maximum atomic E-state index is 13.0. The van der Waals surface area contributed by atoms with Gasteiger partial charge >= 0.3 is 12.3 Å². The SMILES string of the molecule is Cc1cc(C2(O)CC3CCC(C2)N3C(=O)OC(C)(C)C)ccc1C(F)(F)F. The third kappa shape index (κ3) is 3.93. The van der Waals surface area contributed by atoms with E-state index >= 15 is 0 Å². The summed E-state index contributed by atoms with van der Waals surface area (Å²) in [5, 5.41) is 11.2. The second kappa shape index (κ2) is 6.40. The molecular formula is C20H26F3NO3. The Kier molecular flexibility index (Phi) is 4.74. The number of rotatable bonds is 1. The molecule has 2 aliphatic heterocycles. The van der Waals surface area contributed by atoms with Gasteiger partial charge in [-0.05, 0) is 57.7 Å². The maximum Gasteiger partial charge on any atom is 0.416 e. The highest BCUT2D eigenvalue weighted by Crippen LogP contribution is 2.47. The van der Waals surface area contributed by atoms with Crippen LogP contribution >= 0.6 is 0 Å². The van der Waals surface area contributed by atoms with Crippen molar-refractivity contribution in [2.75, 3.05) is 0 Å². The molecule has 2 bridgehead atoms. The fourth-order valence-corrected chi connectivity index (χ4v) is 4.34. The molecule has 2 fully saturated rings. The summed E-state index contributed by atoms with van der Waals surface area (Å²) in [5.74, 6) is 0. The summed E-state index contributed by atoms with van der Waals surface area (Å²) in [7, 11) is 0. The van der Waals surface area contributed by atoms with Crippen molar-refractivity contribution in [2.45, 2.75) is 82.8 Å². The Morgan fingerprint density at radius 1 is 1.19 bits per heavy atom. The normalized spacial score (nSPS) is 28.4. The third-order valence-electron chi connectivity index (χ3n) is 5.44. The number of piperidine rings is 1. The third-order valence-corrected chi connectivity index (χ3v) is 5.44. The van der Waals surface area contributed by atoms with Crippen molar-refractivity contribution in [2.24, 2.45) is 0 Å². The standard InChI is InChI=1S/C20H26F3NO3/c1-12-9-13(5-8-16(12)20(21,22)23)19(26)10-14-6-7-15(11-19)24(14)17(25)27-18(2,3)4/h5,8-9,14-15,26H,6-7,10-11H2,1-4H3. The highest BCUT2D eigenvalue weighted by Gasteiger charge is 2.51. The van der Waals surface area contributed by atoms with E-state index in [1.54, 1.807) is 25.7 Å². The van der Waals surface area contributed by atoms with Crippen LogP contribution in [0.5, 0.6) is 0 Å². The van der Waals surface area contributed by atoms with Crippen molar-refractivity contribution in [1.29, 1.82) is 0 Å². The van der Waals surface area contributed by atoms with Crippen LogP contribution in [0.3, 0.4) is 0 Å². The number of hydrogen-bond donors (Lipinski definition) is 1. The molecule has 1 aromatic carbocycles. The fourth-order valence-electron chi connectivity index (χ4n) is 4.34. The first-order valence-electron chi connectivity index (χ1n) is 9.22. The van der Waals surface area contributed by atoms with Crippen molar-refractivity contribution in [3.8, 4) is 0 Å². The molecule has 2 atom stereocenters. The quantitative estimate of drug-likeness (QED) is 0.758. The summed E-state index contributed by atoms with van der Waals surface area (Å²) >= 11 is 0. The molecule has 27 heavy (non-hydrogen) atoms. The van der Waals surface area contributed by atoms with Gasteiger partial charge in [-0.25, -0.2) is 4.79 Å². The van der Waals surface area contributed by atoms with Gasteiger partial charge in [-0.3, -0.25) is 0 Å². The van der Waals surface area contributed by atoms with E-state index in [4.69, 9.17) is 4.74 Å². The minimum absolute atomic E-state index is 0.0929. The number of ether oxygens (including phenoxy) is 1. The first kappa shape index (κ1) is 20.0. The van der Waals surface area contributed by atoms with E-state index in [1.807, 2.05) is 0 Å². The summed E-state index contributed by atoms with van der Waals surface area (Å²) in [6.07, 6.45) is -2.69.